The molecule has 0 bridgehead atoms. The maximum absolute atomic E-state index is 10.6. The first-order chi connectivity index (χ1) is 8.38. The van der Waals surface area contributed by atoms with E-state index in [1.165, 1.54) is 0 Å². The minimum Gasteiger partial charge on any atom is -0.481 e. The van der Waals surface area contributed by atoms with E-state index in [1.54, 1.807) is 25.1 Å². The van der Waals surface area contributed by atoms with Crippen molar-refractivity contribution in [2.75, 3.05) is 0 Å². The molecule has 7 heteroatoms. The van der Waals surface area contributed by atoms with Gasteiger partial charge in [-0.15, -0.1) is 0 Å². The lowest BCUT2D eigenvalue weighted by Crippen LogP contribution is -2.26. The highest BCUT2D eigenvalue weighted by molar-refractivity contribution is 5.93. The lowest BCUT2D eigenvalue weighted by atomic mass is 10.1. The summed E-state index contributed by atoms with van der Waals surface area (Å²) in [4.78, 5) is 18.2. The van der Waals surface area contributed by atoms with Crippen molar-refractivity contribution < 1.29 is 9.90 Å². The lowest BCUT2D eigenvalue weighted by Gasteiger charge is -2.04. The van der Waals surface area contributed by atoms with Gasteiger partial charge in [-0.05, 0) is 30.2 Å². The molecule has 0 fully saturated rings. The molecule has 0 saturated carbocycles. The normalized spacial score (nSPS) is 11.1. The number of hydrogen-bond donors (Lipinski definition) is 4. The maximum Gasteiger partial charge on any atom is 0.307 e. The van der Waals surface area contributed by atoms with Crippen molar-refractivity contribution in [1.29, 1.82) is 0 Å². The molecule has 1 aromatic rings. The Labute approximate surface area is 104 Å². The molecule has 1 rings (SSSR count). The van der Waals surface area contributed by atoms with E-state index in [9.17, 15) is 4.79 Å². The molecule has 0 heterocycles. The molecule has 0 aromatic heterocycles. The summed E-state index contributed by atoms with van der Waals surface area (Å²) >= 11 is 0. The van der Waals surface area contributed by atoms with Gasteiger partial charge in [0.2, 0.25) is 5.96 Å². The van der Waals surface area contributed by atoms with Crippen LogP contribution >= 0.6 is 0 Å². The molecule has 0 spiro atoms. The zero-order valence-corrected chi connectivity index (χ0v) is 9.92. The van der Waals surface area contributed by atoms with Crippen LogP contribution in [0.4, 0.5) is 5.69 Å². The molecular formula is C11H15N5O2. The largest absolute Gasteiger partial charge is 0.481 e. The molecule has 0 aliphatic rings. The smallest absolute Gasteiger partial charge is 0.307 e. The second kappa shape index (κ2) is 5.67. The number of hydrogen-bond acceptors (Lipinski definition) is 2. The SMILES string of the molecule is Cc1cc(N=C(N)N=C(N)N)ccc1CC(=O)O. The van der Waals surface area contributed by atoms with Crippen LogP contribution < -0.4 is 17.2 Å². The number of carboxylic acids is 1. The quantitative estimate of drug-likeness (QED) is 0.435. The Morgan fingerprint density at radius 3 is 2.50 bits per heavy atom. The Morgan fingerprint density at radius 2 is 2.00 bits per heavy atom. The van der Waals surface area contributed by atoms with E-state index in [2.05, 4.69) is 9.98 Å². The second-order valence-electron chi connectivity index (χ2n) is 3.69. The van der Waals surface area contributed by atoms with Crippen molar-refractivity contribution >= 4 is 23.6 Å². The first kappa shape index (κ1) is 13.5. The van der Waals surface area contributed by atoms with E-state index in [1.807, 2.05) is 0 Å². The summed E-state index contributed by atoms with van der Waals surface area (Å²) < 4.78 is 0. The van der Waals surface area contributed by atoms with E-state index >= 15 is 0 Å². The number of aliphatic imine (C=N–C) groups is 2. The summed E-state index contributed by atoms with van der Waals surface area (Å²) in [5.74, 6) is -1.11. The van der Waals surface area contributed by atoms with Gasteiger partial charge in [0.25, 0.3) is 0 Å². The van der Waals surface area contributed by atoms with Gasteiger partial charge in [0.1, 0.15) is 0 Å². The summed E-state index contributed by atoms with van der Waals surface area (Å²) in [6.07, 6.45) is -0.0286. The van der Waals surface area contributed by atoms with E-state index in [4.69, 9.17) is 22.3 Å². The molecule has 0 aliphatic carbocycles. The molecule has 0 atom stereocenters. The fraction of sp³-hybridized carbons (Fsp3) is 0.182. The molecule has 0 saturated heterocycles. The van der Waals surface area contributed by atoms with Gasteiger partial charge < -0.3 is 22.3 Å². The summed E-state index contributed by atoms with van der Waals surface area (Å²) in [5, 5.41) is 8.71. The monoisotopic (exact) mass is 249 g/mol. The van der Waals surface area contributed by atoms with E-state index in [-0.39, 0.29) is 18.3 Å². The Hall–Kier alpha value is -2.57. The zero-order chi connectivity index (χ0) is 13.7. The summed E-state index contributed by atoms with van der Waals surface area (Å²) in [7, 11) is 0. The first-order valence-electron chi connectivity index (χ1n) is 5.13. The Kier molecular flexibility index (Phi) is 4.25. The highest BCUT2D eigenvalue weighted by Crippen LogP contribution is 2.18. The Bertz CT molecular complexity index is 518. The van der Waals surface area contributed by atoms with Crippen molar-refractivity contribution in [3.63, 3.8) is 0 Å². The number of carboxylic acid groups (broad SMARTS) is 1. The van der Waals surface area contributed by atoms with Crippen LogP contribution in [0.3, 0.4) is 0 Å². The van der Waals surface area contributed by atoms with Crippen LogP contribution in [-0.4, -0.2) is 23.0 Å². The summed E-state index contributed by atoms with van der Waals surface area (Å²) in [5.41, 5.74) is 17.9. The van der Waals surface area contributed by atoms with E-state index < -0.39 is 5.97 Å². The Morgan fingerprint density at radius 1 is 1.33 bits per heavy atom. The Balaban J connectivity index is 2.98. The predicted octanol–water partition coefficient (Wildman–Crippen LogP) is -0.158. The first-order valence-corrected chi connectivity index (χ1v) is 5.13. The molecule has 0 radical (unpaired) electrons. The van der Waals surface area contributed by atoms with Crippen LogP contribution in [0.5, 0.6) is 0 Å². The van der Waals surface area contributed by atoms with Gasteiger partial charge in [-0.25, -0.2) is 4.99 Å². The van der Waals surface area contributed by atoms with Crippen LogP contribution in [-0.2, 0) is 11.2 Å². The van der Waals surface area contributed by atoms with Gasteiger partial charge >= 0.3 is 5.97 Å². The molecule has 0 amide bonds. The van der Waals surface area contributed by atoms with Crippen molar-refractivity contribution in [1.82, 2.24) is 0 Å². The highest BCUT2D eigenvalue weighted by Gasteiger charge is 2.04. The number of benzene rings is 1. The van der Waals surface area contributed by atoms with Gasteiger partial charge in [-0.1, -0.05) is 6.07 Å². The van der Waals surface area contributed by atoms with E-state index in [0.29, 0.717) is 5.69 Å². The number of guanidine groups is 2. The minimum atomic E-state index is -0.880. The highest BCUT2D eigenvalue weighted by atomic mass is 16.4. The second-order valence-corrected chi connectivity index (χ2v) is 3.69. The van der Waals surface area contributed by atoms with Crippen LogP contribution in [0.2, 0.25) is 0 Å². The van der Waals surface area contributed by atoms with Crippen LogP contribution in [0.15, 0.2) is 28.2 Å². The molecule has 1 aromatic carbocycles. The number of nitrogens with two attached hydrogens (primary N) is 3. The molecule has 96 valence electrons. The molecular weight excluding hydrogens is 234 g/mol. The third-order valence-electron chi connectivity index (χ3n) is 2.16. The average molecular weight is 249 g/mol. The van der Waals surface area contributed by atoms with Crippen LogP contribution in [0.25, 0.3) is 0 Å². The van der Waals surface area contributed by atoms with Gasteiger partial charge in [-0.2, -0.15) is 4.99 Å². The molecule has 0 unspecified atom stereocenters. The topological polar surface area (TPSA) is 140 Å². The summed E-state index contributed by atoms with van der Waals surface area (Å²) in [6.45, 7) is 1.80. The van der Waals surface area contributed by atoms with Crippen LogP contribution in [0.1, 0.15) is 11.1 Å². The number of aryl methyl sites for hydroxylation is 1. The average Bonchev–Trinajstić information content (AvgIpc) is 2.20. The maximum atomic E-state index is 10.6. The van der Waals surface area contributed by atoms with Gasteiger partial charge in [0, 0.05) is 0 Å². The molecule has 7 nitrogen and oxygen atoms in total. The predicted molar refractivity (Wildman–Crippen MR) is 69.6 cm³/mol. The van der Waals surface area contributed by atoms with Crippen LogP contribution in [0, 0.1) is 6.92 Å². The third kappa shape index (κ3) is 4.12. The number of aliphatic carboxylic acids is 1. The number of nitrogens with zero attached hydrogens (tertiary/aromatic N) is 2. The van der Waals surface area contributed by atoms with E-state index in [0.717, 1.165) is 11.1 Å². The van der Waals surface area contributed by atoms with Crippen molar-refractivity contribution in [2.24, 2.45) is 27.2 Å². The van der Waals surface area contributed by atoms with Gasteiger partial charge in [-0.3, -0.25) is 4.79 Å². The van der Waals surface area contributed by atoms with Crippen molar-refractivity contribution in [3.8, 4) is 0 Å². The minimum absolute atomic E-state index is 0.0286. The summed E-state index contributed by atoms with van der Waals surface area (Å²) in [6, 6.07) is 5.05. The molecule has 18 heavy (non-hydrogen) atoms. The number of rotatable bonds is 3. The zero-order valence-electron chi connectivity index (χ0n) is 9.92. The fourth-order valence-electron chi connectivity index (χ4n) is 1.40. The van der Waals surface area contributed by atoms with Crippen molar-refractivity contribution in [2.45, 2.75) is 13.3 Å². The molecule has 7 N–H and O–H groups in total. The van der Waals surface area contributed by atoms with Gasteiger partial charge in [0.05, 0.1) is 12.1 Å². The van der Waals surface area contributed by atoms with Crippen molar-refractivity contribution in [3.05, 3.63) is 29.3 Å². The third-order valence-corrected chi connectivity index (χ3v) is 2.16. The lowest BCUT2D eigenvalue weighted by molar-refractivity contribution is -0.136. The fourth-order valence-corrected chi connectivity index (χ4v) is 1.40. The standard InChI is InChI=1S/C11H15N5O2/c1-6-4-8(15-11(14)16-10(12)13)3-2-7(6)5-9(17)18/h2-4H,5H2,1H3,(H,17,18)(H6,12,13,14,15,16). The number of carbonyl (C=O) groups is 1. The van der Waals surface area contributed by atoms with Gasteiger partial charge in [0.15, 0.2) is 5.96 Å². The molecule has 0 aliphatic heterocycles.